The van der Waals surface area contributed by atoms with E-state index in [1.54, 1.807) is 0 Å². The Labute approximate surface area is 151 Å². The SMILES string of the molecule is CCCCCCCCCCCC[N+](C)(C)CC.CCOS(=O)(=O)[O-]. The van der Waals surface area contributed by atoms with E-state index in [9.17, 15) is 13.0 Å². The van der Waals surface area contributed by atoms with Crippen molar-refractivity contribution in [2.24, 2.45) is 0 Å². The van der Waals surface area contributed by atoms with Crippen molar-refractivity contribution in [1.29, 1.82) is 0 Å². The van der Waals surface area contributed by atoms with Gasteiger partial charge in [-0.15, -0.1) is 0 Å². The van der Waals surface area contributed by atoms with Gasteiger partial charge in [0, 0.05) is 0 Å². The highest BCUT2D eigenvalue weighted by Crippen LogP contribution is 2.11. The molecule has 24 heavy (non-hydrogen) atoms. The van der Waals surface area contributed by atoms with Gasteiger partial charge in [0.15, 0.2) is 0 Å². The minimum atomic E-state index is -4.42. The smallest absolute Gasteiger partial charge is 0.217 e. The summed E-state index contributed by atoms with van der Waals surface area (Å²) >= 11 is 0. The second kappa shape index (κ2) is 16.3. The fourth-order valence-corrected chi connectivity index (χ4v) is 2.62. The number of quaternary nitrogens is 1. The molecule has 6 heteroatoms. The Hall–Kier alpha value is -0.170. The summed E-state index contributed by atoms with van der Waals surface area (Å²) < 4.78 is 33.2. The molecule has 0 radical (unpaired) electrons. The number of nitrogens with zero attached hydrogens (tertiary/aromatic N) is 1. The van der Waals surface area contributed by atoms with Gasteiger partial charge in [-0.1, -0.05) is 58.3 Å². The Morgan fingerprint density at radius 2 is 1.21 bits per heavy atom. The average Bonchev–Trinajstić information content (AvgIpc) is 2.48. The maximum atomic E-state index is 9.45. The van der Waals surface area contributed by atoms with Crippen LogP contribution in [-0.4, -0.2) is 51.2 Å². The van der Waals surface area contributed by atoms with E-state index in [1.165, 1.54) is 88.7 Å². The summed E-state index contributed by atoms with van der Waals surface area (Å²) in [6.07, 6.45) is 14.4. The van der Waals surface area contributed by atoms with Crippen molar-refractivity contribution in [3.8, 4) is 0 Å². The summed E-state index contributed by atoms with van der Waals surface area (Å²) in [5, 5.41) is 0. The molecule has 0 aliphatic heterocycles. The summed E-state index contributed by atoms with van der Waals surface area (Å²) in [4.78, 5) is 0. The second-order valence-corrected chi connectivity index (χ2v) is 8.02. The van der Waals surface area contributed by atoms with Gasteiger partial charge in [0.05, 0.1) is 33.8 Å². The van der Waals surface area contributed by atoms with Crippen molar-refractivity contribution in [2.75, 3.05) is 33.8 Å². The first kappa shape index (κ1) is 26.1. The standard InChI is InChI=1S/C16H36N.C2H6O4S/c1-5-7-8-9-10-11-12-13-14-15-16-17(3,4)6-2;1-2-6-7(3,4)5/h5-16H2,1-4H3;2H2,1H3,(H,3,4,5)/q+1;/p-1. The molecule has 0 amide bonds. The van der Waals surface area contributed by atoms with E-state index >= 15 is 0 Å². The molecule has 5 nitrogen and oxygen atoms in total. The van der Waals surface area contributed by atoms with Gasteiger partial charge in [-0.3, -0.25) is 4.18 Å². The Kier molecular flexibility index (Phi) is 17.7. The van der Waals surface area contributed by atoms with E-state index in [0.717, 1.165) is 0 Å². The molecule has 0 aromatic heterocycles. The molecule has 0 spiro atoms. The normalized spacial score (nSPS) is 11.9. The fraction of sp³-hybridized carbons (Fsp3) is 1.00. The van der Waals surface area contributed by atoms with Crippen molar-refractivity contribution in [3.05, 3.63) is 0 Å². The number of hydrogen-bond donors (Lipinski definition) is 0. The lowest BCUT2D eigenvalue weighted by atomic mass is 10.1. The maximum absolute atomic E-state index is 9.45. The van der Waals surface area contributed by atoms with Crippen molar-refractivity contribution in [3.63, 3.8) is 0 Å². The molecular weight excluding hydrogens is 326 g/mol. The Morgan fingerprint density at radius 3 is 1.50 bits per heavy atom. The summed E-state index contributed by atoms with van der Waals surface area (Å²) in [6.45, 7) is 8.53. The Balaban J connectivity index is 0. The number of hydrogen-bond acceptors (Lipinski definition) is 4. The molecular formula is C18H41NO4S. The van der Waals surface area contributed by atoms with Crippen LogP contribution in [0.1, 0.15) is 85.0 Å². The van der Waals surface area contributed by atoms with Crippen LogP contribution in [0, 0.1) is 0 Å². The third-order valence-electron chi connectivity index (χ3n) is 4.24. The minimum Gasteiger partial charge on any atom is -0.726 e. The largest absolute Gasteiger partial charge is 0.726 e. The van der Waals surface area contributed by atoms with E-state index in [-0.39, 0.29) is 6.61 Å². The van der Waals surface area contributed by atoms with Gasteiger partial charge >= 0.3 is 0 Å². The summed E-state index contributed by atoms with van der Waals surface area (Å²) in [7, 11) is 0.258. The molecule has 0 aliphatic carbocycles. The highest BCUT2D eigenvalue weighted by Gasteiger charge is 2.09. The predicted octanol–water partition coefficient (Wildman–Crippen LogP) is 4.49. The zero-order valence-corrected chi connectivity index (χ0v) is 17.5. The van der Waals surface area contributed by atoms with Gasteiger partial charge in [0.1, 0.15) is 0 Å². The molecule has 0 aromatic carbocycles. The molecule has 0 N–H and O–H groups in total. The van der Waals surface area contributed by atoms with Crippen molar-refractivity contribution in [2.45, 2.75) is 85.0 Å². The lowest BCUT2D eigenvalue weighted by molar-refractivity contribution is -0.888. The van der Waals surface area contributed by atoms with Crippen LogP contribution < -0.4 is 0 Å². The third-order valence-corrected chi connectivity index (χ3v) is 4.76. The van der Waals surface area contributed by atoms with Crippen molar-refractivity contribution >= 4 is 10.4 Å². The lowest BCUT2D eigenvalue weighted by Gasteiger charge is -2.28. The van der Waals surface area contributed by atoms with E-state index in [4.69, 9.17) is 0 Å². The Morgan fingerprint density at radius 1 is 0.792 bits per heavy atom. The molecule has 0 bridgehead atoms. The topological polar surface area (TPSA) is 66.4 Å². The summed E-state index contributed by atoms with van der Waals surface area (Å²) in [6, 6.07) is 0. The average molecular weight is 368 g/mol. The number of unbranched alkanes of at least 4 members (excludes halogenated alkanes) is 9. The molecule has 148 valence electrons. The lowest BCUT2D eigenvalue weighted by Crippen LogP contribution is -2.39. The minimum absolute atomic E-state index is 0.0914. The quantitative estimate of drug-likeness (QED) is 0.196. The monoisotopic (exact) mass is 367 g/mol. The van der Waals surface area contributed by atoms with E-state index < -0.39 is 10.4 Å². The summed E-state index contributed by atoms with van der Waals surface area (Å²) in [5.41, 5.74) is 0. The molecule has 0 saturated heterocycles. The predicted molar refractivity (Wildman–Crippen MR) is 101 cm³/mol. The van der Waals surface area contributed by atoms with Crippen LogP contribution in [0.25, 0.3) is 0 Å². The highest BCUT2D eigenvalue weighted by atomic mass is 32.3. The molecule has 0 saturated carbocycles. The fourth-order valence-electron chi connectivity index (χ4n) is 2.33. The van der Waals surface area contributed by atoms with Gasteiger partial charge in [-0.05, 0) is 26.7 Å². The molecule has 0 fully saturated rings. The van der Waals surface area contributed by atoms with Gasteiger partial charge in [-0.2, -0.15) is 0 Å². The van der Waals surface area contributed by atoms with Gasteiger partial charge in [0.2, 0.25) is 10.4 Å². The van der Waals surface area contributed by atoms with Crippen LogP contribution in [0.3, 0.4) is 0 Å². The van der Waals surface area contributed by atoms with Crippen LogP contribution >= 0.6 is 0 Å². The molecule has 0 atom stereocenters. The highest BCUT2D eigenvalue weighted by molar-refractivity contribution is 7.80. The first-order chi connectivity index (χ1) is 11.2. The zero-order chi connectivity index (χ0) is 18.9. The molecule has 0 rings (SSSR count). The second-order valence-electron chi connectivity index (χ2n) is 6.97. The van der Waals surface area contributed by atoms with Crippen LogP contribution in [-0.2, 0) is 14.6 Å². The van der Waals surface area contributed by atoms with Gasteiger partial charge < -0.3 is 9.04 Å². The van der Waals surface area contributed by atoms with Gasteiger partial charge in [-0.25, -0.2) is 8.42 Å². The van der Waals surface area contributed by atoms with E-state index in [0.29, 0.717) is 0 Å². The first-order valence-corrected chi connectivity index (χ1v) is 10.9. The van der Waals surface area contributed by atoms with Crippen LogP contribution in [0.4, 0.5) is 0 Å². The van der Waals surface area contributed by atoms with Crippen molar-refractivity contribution < 1.29 is 21.6 Å². The van der Waals surface area contributed by atoms with Gasteiger partial charge in [0.25, 0.3) is 0 Å². The van der Waals surface area contributed by atoms with E-state index in [1.807, 2.05) is 0 Å². The molecule has 0 heterocycles. The summed E-state index contributed by atoms with van der Waals surface area (Å²) in [5.74, 6) is 0. The molecule has 0 aliphatic rings. The molecule has 0 aromatic rings. The third kappa shape index (κ3) is 24.1. The molecule has 0 unspecified atom stereocenters. The van der Waals surface area contributed by atoms with E-state index in [2.05, 4.69) is 32.1 Å². The van der Waals surface area contributed by atoms with Crippen molar-refractivity contribution in [1.82, 2.24) is 0 Å². The van der Waals surface area contributed by atoms with Crippen LogP contribution in [0.2, 0.25) is 0 Å². The van der Waals surface area contributed by atoms with Crippen LogP contribution in [0.5, 0.6) is 0 Å². The van der Waals surface area contributed by atoms with Crippen LogP contribution in [0.15, 0.2) is 0 Å². The zero-order valence-electron chi connectivity index (χ0n) is 16.7. The number of rotatable bonds is 14. The first-order valence-electron chi connectivity index (χ1n) is 9.60. The maximum Gasteiger partial charge on any atom is 0.217 e. The Bertz CT molecular complexity index is 356.